The third-order valence-corrected chi connectivity index (χ3v) is 6.62. The number of fused-ring (bicyclic) bond motifs is 1. The Morgan fingerprint density at radius 3 is 2.81 bits per heavy atom. The SMILES string of the molecule is Cc1ccsc1-c1cc(=O)oc2cc(O[C@H](C)C(=O)N3CCC[C@H](C(=O)O)C3)ccc12. The van der Waals surface area contributed by atoms with Gasteiger partial charge in [-0.3, -0.25) is 9.59 Å². The number of likely N-dealkylation sites (tertiary alicyclic amines) is 1. The van der Waals surface area contributed by atoms with Crippen LogP contribution in [0.15, 0.2) is 44.9 Å². The number of piperidine rings is 1. The van der Waals surface area contributed by atoms with E-state index in [4.69, 9.17) is 9.15 Å². The van der Waals surface area contributed by atoms with E-state index in [1.54, 1.807) is 35.3 Å². The minimum atomic E-state index is -0.882. The Kier molecular flexibility index (Phi) is 5.82. The summed E-state index contributed by atoms with van der Waals surface area (Å²) in [6.45, 7) is 4.34. The average Bonchev–Trinajstić information content (AvgIpc) is 3.18. The lowest BCUT2D eigenvalue weighted by atomic mass is 9.98. The Morgan fingerprint density at radius 2 is 2.10 bits per heavy atom. The number of carboxylic acid groups (broad SMARTS) is 1. The number of amides is 1. The van der Waals surface area contributed by atoms with Crippen LogP contribution >= 0.6 is 11.3 Å². The molecule has 1 amide bonds. The van der Waals surface area contributed by atoms with Crippen molar-refractivity contribution in [1.29, 1.82) is 0 Å². The minimum absolute atomic E-state index is 0.192. The highest BCUT2D eigenvalue weighted by molar-refractivity contribution is 7.13. The predicted molar refractivity (Wildman–Crippen MR) is 118 cm³/mol. The van der Waals surface area contributed by atoms with E-state index in [-0.39, 0.29) is 12.5 Å². The molecule has 0 aliphatic carbocycles. The second kappa shape index (κ2) is 8.55. The lowest BCUT2D eigenvalue weighted by Gasteiger charge is -2.32. The molecule has 1 aliphatic rings. The summed E-state index contributed by atoms with van der Waals surface area (Å²) in [6.07, 6.45) is 0.436. The highest BCUT2D eigenvalue weighted by Gasteiger charge is 2.31. The number of rotatable bonds is 5. The van der Waals surface area contributed by atoms with Gasteiger partial charge < -0.3 is 19.2 Å². The molecule has 7 nitrogen and oxygen atoms in total. The van der Waals surface area contributed by atoms with E-state index in [0.717, 1.165) is 21.4 Å². The number of thiophene rings is 1. The lowest BCUT2D eigenvalue weighted by Crippen LogP contribution is -2.47. The monoisotopic (exact) mass is 441 g/mol. The molecule has 1 aliphatic heterocycles. The van der Waals surface area contributed by atoms with Crippen molar-refractivity contribution >= 4 is 34.2 Å². The molecule has 0 unspecified atom stereocenters. The van der Waals surface area contributed by atoms with Crippen molar-refractivity contribution in [1.82, 2.24) is 4.90 Å². The van der Waals surface area contributed by atoms with Crippen LogP contribution < -0.4 is 10.4 Å². The van der Waals surface area contributed by atoms with Gasteiger partial charge in [-0.2, -0.15) is 0 Å². The number of aliphatic carboxylic acids is 1. The van der Waals surface area contributed by atoms with Crippen molar-refractivity contribution in [2.75, 3.05) is 13.1 Å². The smallest absolute Gasteiger partial charge is 0.336 e. The van der Waals surface area contributed by atoms with Gasteiger partial charge in [0.15, 0.2) is 6.10 Å². The van der Waals surface area contributed by atoms with Gasteiger partial charge in [-0.05, 0) is 55.8 Å². The van der Waals surface area contributed by atoms with Gasteiger partial charge in [0.1, 0.15) is 11.3 Å². The molecule has 3 heterocycles. The van der Waals surface area contributed by atoms with Crippen LogP contribution in [0.2, 0.25) is 0 Å². The number of carboxylic acids is 1. The lowest BCUT2D eigenvalue weighted by molar-refractivity contribution is -0.147. The summed E-state index contributed by atoms with van der Waals surface area (Å²) in [7, 11) is 0. The molecule has 0 spiro atoms. The highest BCUT2D eigenvalue weighted by atomic mass is 32.1. The standard InChI is InChI=1S/C23H23NO6S/c1-13-7-9-31-21(13)18-11-20(25)30-19-10-16(5-6-17(18)19)29-14(2)22(26)24-8-3-4-15(12-24)23(27)28/h5-7,9-11,14-15H,3-4,8,12H2,1-2H3,(H,27,28)/t14-,15+/m1/s1. The zero-order chi connectivity index (χ0) is 22.1. The molecule has 2 aromatic heterocycles. The van der Waals surface area contributed by atoms with Crippen molar-refractivity contribution in [2.45, 2.75) is 32.8 Å². The fourth-order valence-corrected chi connectivity index (χ4v) is 4.90. The van der Waals surface area contributed by atoms with E-state index in [1.807, 2.05) is 24.4 Å². The van der Waals surface area contributed by atoms with Gasteiger partial charge >= 0.3 is 11.6 Å². The van der Waals surface area contributed by atoms with Gasteiger partial charge in [0.05, 0.1) is 5.92 Å². The number of hydrogen-bond acceptors (Lipinski definition) is 6. The average molecular weight is 442 g/mol. The number of ether oxygens (including phenoxy) is 1. The van der Waals surface area contributed by atoms with Crippen molar-refractivity contribution < 1.29 is 23.8 Å². The Hall–Kier alpha value is -3.13. The Balaban J connectivity index is 1.56. The molecule has 1 N–H and O–H groups in total. The summed E-state index contributed by atoms with van der Waals surface area (Å²) in [5, 5.41) is 12.0. The Labute approximate surface area is 182 Å². The maximum Gasteiger partial charge on any atom is 0.336 e. The van der Waals surface area contributed by atoms with Gasteiger partial charge in [-0.25, -0.2) is 4.79 Å². The third-order valence-electron chi connectivity index (χ3n) is 5.57. The molecule has 2 atom stereocenters. The third kappa shape index (κ3) is 4.34. The van der Waals surface area contributed by atoms with Crippen LogP contribution in [0.25, 0.3) is 21.4 Å². The number of hydrogen-bond donors (Lipinski definition) is 1. The highest BCUT2D eigenvalue weighted by Crippen LogP contribution is 2.35. The largest absolute Gasteiger partial charge is 0.481 e. The van der Waals surface area contributed by atoms with Crippen molar-refractivity contribution in [3.05, 3.63) is 51.7 Å². The molecule has 0 radical (unpaired) electrons. The quantitative estimate of drug-likeness (QED) is 0.603. The number of aryl methyl sites for hydroxylation is 1. The van der Waals surface area contributed by atoms with Gasteiger partial charge in [-0.1, -0.05) is 0 Å². The summed E-state index contributed by atoms with van der Waals surface area (Å²) < 4.78 is 11.2. The summed E-state index contributed by atoms with van der Waals surface area (Å²) in [4.78, 5) is 38.7. The van der Waals surface area contributed by atoms with Gasteiger partial charge in [0.2, 0.25) is 0 Å². The molecule has 4 rings (SSSR count). The van der Waals surface area contributed by atoms with E-state index in [1.165, 1.54) is 6.07 Å². The van der Waals surface area contributed by atoms with Crippen LogP contribution in [0.3, 0.4) is 0 Å². The van der Waals surface area contributed by atoms with Gasteiger partial charge in [-0.15, -0.1) is 11.3 Å². The molecule has 1 fully saturated rings. The molecule has 3 aromatic rings. The van der Waals surface area contributed by atoms with Crippen molar-refractivity contribution in [2.24, 2.45) is 5.92 Å². The molecule has 0 bridgehead atoms. The molecule has 1 aromatic carbocycles. The Bertz CT molecular complexity index is 1200. The fourth-order valence-electron chi connectivity index (χ4n) is 3.94. The zero-order valence-corrected chi connectivity index (χ0v) is 18.1. The molecule has 8 heteroatoms. The number of carbonyl (C=O) groups excluding carboxylic acids is 1. The summed E-state index contributed by atoms with van der Waals surface area (Å²) >= 11 is 1.56. The molecule has 1 saturated heterocycles. The number of benzene rings is 1. The maximum absolute atomic E-state index is 12.8. The van der Waals surface area contributed by atoms with Crippen LogP contribution in [0.1, 0.15) is 25.3 Å². The zero-order valence-electron chi connectivity index (χ0n) is 17.3. The van der Waals surface area contributed by atoms with Crippen LogP contribution in [0, 0.1) is 12.8 Å². The normalized spacial score (nSPS) is 17.5. The first-order chi connectivity index (χ1) is 14.8. The van der Waals surface area contributed by atoms with Crippen LogP contribution in [0.4, 0.5) is 0 Å². The second-order valence-corrected chi connectivity index (χ2v) is 8.71. The van der Waals surface area contributed by atoms with Crippen LogP contribution in [-0.4, -0.2) is 41.1 Å². The molecular formula is C23H23NO6S. The van der Waals surface area contributed by atoms with Crippen molar-refractivity contribution in [3.8, 4) is 16.2 Å². The van der Waals surface area contributed by atoms with Gasteiger partial charge in [0.25, 0.3) is 5.91 Å². The first-order valence-electron chi connectivity index (χ1n) is 10.1. The minimum Gasteiger partial charge on any atom is -0.481 e. The summed E-state index contributed by atoms with van der Waals surface area (Å²) in [5.41, 5.74) is 1.82. The van der Waals surface area contributed by atoms with E-state index < -0.39 is 23.6 Å². The predicted octanol–water partition coefficient (Wildman–Crippen LogP) is 3.92. The molecule has 162 valence electrons. The van der Waals surface area contributed by atoms with Crippen LogP contribution in [0.5, 0.6) is 5.75 Å². The van der Waals surface area contributed by atoms with Crippen LogP contribution in [-0.2, 0) is 9.59 Å². The Morgan fingerprint density at radius 1 is 1.29 bits per heavy atom. The maximum atomic E-state index is 12.8. The number of carbonyl (C=O) groups is 2. The first-order valence-corrected chi connectivity index (χ1v) is 11.0. The first kappa shape index (κ1) is 21.1. The molecule has 31 heavy (non-hydrogen) atoms. The van der Waals surface area contributed by atoms with E-state index in [9.17, 15) is 19.5 Å². The number of nitrogens with zero attached hydrogens (tertiary/aromatic N) is 1. The summed E-state index contributed by atoms with van der Waals surface area (Å²) in [6, 6.07) is 8.67. The fraction of sp³-hybridized carbons (Fsp3) is 0.348. The van der Waals surface area contributed by atoms with E-state index >= 15 is 0 Å². The topological polar surface area (TPSA) is 97.0 Å². The summed E-state index contributed by atoms with van der Waals surface area (Å²) in [5.74, 6) is -1.27. The van der Waals surface area contributed by atoms with E-state index in [2.05, 4.69) is 0 Å². The van der Waals surface area contributed by atoms with E-state index in [0.29, 0.717) is 30.7 Å². The van der Waals surface area contributed by atoms with Gasteiger partial charge in [0, 0.05) is 41.0 Å². The molecular weight excluding hydrogens is 418 g/mol. The second-order valence-electron chi connectivity index (χ2n) is 7.79. The van der Waals surface area contributed by atoms with Crippen molar-refractivity contribution in [3.63, 3.8) is 0 Å². The molecule has 0 saturated carbocycles.